The third-order valence-corrected chi connectivity index (χ3v) is 4.71. The number of halogens is 1. The summed E-state index contributed by atoms with van der Waals surface area (Å²) in [5, 5.41) is 14.2. The Morgan fingerprint density at radius 2 is 2.12 bits per heavy atom. The zero-order valence-electron chi connectivity index (χ0n) is 14.1. The highest BCUT2D eigenvalue weighted by atomic mass is 35.5. The second kappa shape index (κ2) is 7.72. The van der Waals surface area contributed by atoms with Gasteiger partial charge in [0, 0.05) is 37.3 Å². The van der Waals surface area contributed by atoms with Crippen LogP contribution < -0.4 is 10.1 Å². The van der Waals surface area contributed by atoms with Crippen molar-refractivity contribution in [3.63, 3.8) is 0 Å². The molecule has 1 fully saturated rings. The molecule has 2 aromatic carbocycles. The Bertz CT molecular complexity index is 843. The van der Waals surface area contributed by atoms with E-state index < -0.39 is 4.92 Å². The number of nitro groups is 1. The van der Waals surface area contributed by atoms with Crippen LogP contribution in [0.3, 0.4) is 0 Å². The molecule has 26 heavy (non-hydrogen) atoms. The molecule has 0 spiro atoms. The molecule has 1 amide bonds. The van der Waals surface area contributed by atoms with Crippen molar-refractivity contribution in [2.75, 3.05) is 26.7 Å². The minimum absolute atomic E-state index is 0.0708. The lowest BCUT2D eigenvalue weighted by molar-refractivity contribution is -0.384. The van der Waals surface area contributed by atoms with Crippen LogP contribution in [0, 0.1) is 10.1 Å². The van der Waals surface area contributed by atoms with E-state index in [0.717, 1.165) is 5.56 Å². The Morgan fingerprint density at radius 3 is 2.81 bits per heavy atom. The van der Waals surface area contributed by atoms with Crippen LogP contribution in [0.25, 0.3) is 0 Å². The molecule has 7 nitrogen and oxygen atoms in total. The van der Waals surface area contributed by atoms with Gasteiger partial charge in [-0.15, -0.1) is 0 Å². The van der Waals surface area contributed by atoms with E-state index in [-0.39, 0.29) is 28.2 Å². The van der Waals surface area contributed by atoms with E-state index in [2.05, 4.69) is 5.32 Å². The van der Waals surface area contributed by atoms with Crippen LogP contribution in [0.1, 0.15) is 22.0 Å². The van der Waals surface area contributed by atoms with Crippen LogP contribution in [-0.4, -0.2) is 42.5 Å². The Balaban J connectivity index is 1.95. The van der Waals surface area contributed by atoms with Gasteiger partial charge in [-0.2, -0.15) is 0 Å². The molecule has 0 bridgehead atoms. The van der Waals surface area contributed by atoms with E-state index in [0.29, 0.717) is 25.4 Å². The number of rotatable bonds is 4. The third kappa shape index (κ3) is 3.49. The van der Waals surface area contributed by atoms with Gasteiger partial charge in [0.05, 0.1) is 28.7 Å². The van der Waals surface area contributed by atoms with Gasteiger partial charge in [-0.25, -0.2) is 0 Å². The van der Waals surface area contributed by atoms with Crippen LogP contribution in [0.4, 0.5) is 5.69 Å². The first-order valence-electron chi connectivity index (χ1n) is 8.11. The number of amides is 1. The van der Waals surface area contributed by atoms with Gasteiger partial charge >= 0.3 is 0 Å². The number of methoxy groups -OCH3 is 1. The summed E-state index contributed by atoms with van der Waals surface area (Å²) in [5.41, 5.74) is 1.00. The molecule has 0 radical (unpaired) electrons. The molecule has 0 aromatic heterocycles. The lowest BCUT2D eigenvalue weighted by atomic mass is 10.0. The molecule has 3 rings (SSSR count). The summed E-state index contributed by atoms with van der Waals surface area (Å²) in [6.45, 7) is 1.73. The van der Waals surface area contributed by atoms with Gasteiger partial charge in [-0.3, -0.25) is 14.9 Å². The van der Waals surface area contributed by atoms with Gasteiger partial charge in [-0.05, 0) is 12.1 Å². The third-order valence-electron chi connectivity index (χ3n) is 4.40. The number of hydrogen-bond acceptors (Lipinski definition) is 5. The fourth-order valence-corrected chi connectivity index (χ4v) is 3.37. The molecular weight excluding hydrogens is 358 g/mol. The number of benzene rings is 2. The Labute approximate surface area is 155 Å². The zero-order valence-corrected chi connectivity index (χ0v) is 14.9. The van der Waals surface area contributed by atoms with Gasteiger partial charge < -0.3 is 15.0 Å². The molecule has 1 N–H and O–H groups in total. The standard InChI is InChI=1S/C18H18ClN3O4/c1-26-17-5-3-2-4-14(17)16-11-20-8-9-21(16)18(23)13-7-6-12(22(24)25)10-15(13)19/h2-7,10,16,20H,8-9,11H2,1H3. The summed E-state index contributed by atoms with van der Waals surface area (Å²) in [6, 6.07) is 11.2. The maximum atomic E-state index is 13.1. The lowest BCUT2D eigenvalue weighted by Crippen LogP contribution is -2.48. The Morgan fingerprint density at radius 1 is 1.35 bits per heavy atom. The van der Waals surface area contributed by atoms with Crippen molar-refractivity contribution in [1.29, 1.82) is 0 Å². The smallest absolute Gasteiger partial charge is 0.270 e. The maximum Gasteiger partial charge on any atom is 0.270 e. The summed E-state index contributed by atoms with van der Waals surface area (Å²) < 4.78 is 5.43. The highest BCUT2D eigenvalue weighted by Crippen LogP contribution is 2.32. The molecule has 1 saturated heterocycles. The van der Waals surface area contributed by atoms with Crippen LogP contribution in [0.2, 0.25) is 5.02 Å². The number of non-ortho nitro benzene ring substituents is 1. The average molecular weight is 376 g/mol. The highest BCUT2D eigenvalue weighted by molar-refractivity contribution is 6.34. The van der Waals surface area contributed by atoms with Crippen LogP contribution in [0.15, 0.2) is 42.5 Å². The van der Waals surface area contributed by atoms with E-state index in [1.807, 2.05) is 24.3 Å². The second-order valence-corrected chi connectivity index (χ2v) is 6.29. The Kier molecular flexibility index (Phi) is 5.39. The minimum atomic E-state index is -0.539. The first kappa shape index (κ1) is 18.2. The van der Waals surface area contributed by atoms with Crippen molar-refractivity contribution >= 4 is 23.2 Å². The summed E-state index contributed by atoms with van der Waals surface area (Å²) in [7, 11) is 1.59. The van der Waals surface area contributed by atoms with E-state index in [4.69, 9.17) is 16.3 Å². The molecule has 1 heterocycles. The molecule has 136 valence electrons. The fourth-order valence-electron chi connectivity index (χ4n) is 3.11. The van der Waals surface area contributed by atoms with Gasteiger partial charge in [-0.1, -0.05) is 29.8 Å². The topological polar surface area (TPSA) is 84.7 Å². The number of nitrogens with one attached hydrogen (secondary N) is 1. The predicted molar refractivity (Wildman–Crippen MR) is 97.7 cm³/mol. The molecular formula is C18H18ClN3O4. The van der Waals surface area contributed by atoms with Crippen LogP contribution in [0.5, 0.6) is 5.75 Å². The lowest BCUT2D eigenvalue weighted by Gasteiger charge is -2.37. The monoisotopic (exact) mass is 375 g/mol. The number of ether oxygens (including phenoxy) is 1. The van der Waals surface area contributed by atoms with Crippen LogP contribution in [-0.2, 0) is 0 Å². The number of carbonyl (C=O) groups excluding carboxylic acids is 1. The van der Waals surface area contributed by atoms with E-state index in [1.165, 1.54) is 18.2 Å². The number of nitro benzene ring substituents is 1. The number of hydrogen-bond donors (Lipinski definition) is 1. The molecule has 2 aromatic rings. The Hall–Kier alpha value is -2.64. The minimum Gasteiger partial charge on any atom is -0.496 e. The molecule has 0 aliphatic carbocycles. The van der Waals surface area contributed by atoms with Crippen molar-refractivity contribution < 1.29 is 14.5 Å². The van der Waals surface area contributed by atoms with Gasteiger partial charge in [0.1, 0.15) is 5.75 Å². The average Bonchev–Trinajstić information content (AvgIpc) is 2.67. The molecule has 0 saturated carbocycles. The van der Waals surface area contributed by atoms with Gasteiger partial charge in [0.25, 0.3) is 11.6 Å². The largest absolute Gasteiger partial charge is 0.496 e. The molecule has 1 aliphatic heterocycles. The van der Waals surface area contributed by atoms with E-state index in [1.54, 1.807) is 12.0 Å². The molecule has 1 aliphatic rings. The summed E-state index contributed by atoms with van der Waals surface area (Å²) >= 11 is 6.15. The molecule has 8 heteroatoms. The fraction of sp³-hybridized carbons (Fsp3) is 0.278. The van der Waals surface area contributed by atoms with Crippen molar-refractivity contribution in [3.8, 4) is 5.75 Å². The van der Waals surface area contributed by atoms with Crippen molar-refractivity contribution in [1.82, 2.24) is 10.2 Å². The number of nitrogens with zero attached hydrogens (tertiary/aromatic N) is 2. The quantitative estimate of drug-likeness (QED) is 0.655. The molecule has 1 unspecified atom stereocenters. The summed E-state index contributed by atoms with van der Waals surface area (Å²) in [4.78, 5) is 25.1. The van der Waals surface area contributed by atoms with Crippen LogP contribution >= 0.6 is 11.6 Å². The van der Waals surface area contributed by atoms with Crippen molar-refractivity contribution in [2.24, 2.45) is 0 Å². The molecule has 1 atom stereocenters. The van der Waals surface area contributed by atoms with E-state index >= 15 is 0 Å². The van der Waals surface area contributed by atoms with Crippen molar-refractivity contribution in [2.45, 2.75) is 6.04 Å². The second-order valence-electron chi connectivity index (χ2n) is 5.88. The number of carbonyl (C=O) groups is 1. The predicted octanol–water partition coefficient (Wildman–Crippen LogP) is 3.04. The van der Waals surface area contributed by atoms with Gasteiger partial charge in [0.15, 0.2) is 0 Å². The number of piperazine rings is 1. The zero-order chi connectivity index (χ0) is 18.7. The first-order valence-corrected chi connectivity index (χ1v) is 8.49. The highest BCUT2D eigenvalue weighted by Gasteiger charge is 2.31. The first-order chi connectivity index (χ1) is 12.5. The summed E-state index contributed by atoms with van der Waals surface area (Å²) in [5.74, 6) is 0.441. The maximum absolute atomic E-state index is 13.1. The number of para-hydroxylation sites is 1. The summed E-state index contributed by atoms with van der Waals surface area (Å²) in [6.07, 6.45) is 0. The van der Waals surface area contributed by atoms with Gasteiger partial charge in [0.2, 0.25) is 0 Å². The normalized spacial score (nSPS) is 17.0. The SMILES string of the molecule is COc1ccccc1C1CNCCN1C(=O)c1ccc([N+](=O)[O-])cc1Cl. The van der Waals surface area contributed by atoms with Crippen molar-refractivity contribution in [3.05, 3.63) is 68.7 Å². The van der Waals surface area contributed by atoms with E-state index in [9.17, 15) is 14.9 Å².